The van der Waals surface area contributed by atoms with Crippen LogP contribution in [0.15, 0.2) is 23.4 Å². The lowest BCUT2D eigenvalue weighted by Crippen LogP contribution is -2.16. The summed E-state index contributed by atoms with van der Waals surface area (Å²) in [6.07, 6.45) is 0.996. The molecule has 1 atom stereocenters. The van der Waals surface area contributed by atoms with Crippen LogP contribution in [0.5, 0.6) is 5.88 Å². The van der Waals surface area contributed by atoms with Crippen molar-refractivity contribution in [2.45, 2.75) is 26.4 Å². The Kier molecular flexibility index (Phi) is 3.91. The summed E-state index contributed by atoms with van der Waals surface area (Å²) >= 11 is 0. The van der Waals surface area contributed by atoms with Crippen molar-refractivity contribution in [3.05, 3.63) is 23.9 Å². The molecule has 0 spiro atoms. The summed E-state index contributed by atoms with van der Waals surface area (Å²) in [6, 6.07) is 5.14. The van der Waals surface area contributed by atoms with Crippen LogP contribution in [0.25, 0.3) is 0 Å². The minimum absolute atomic E-state index is 0.0235. The molecule has 5 nitrogen and oxygen atoms in total. The lowest BCUT2D eigenvalue weighted by molar-refractivity contribution is 0.208. The van der Waals surface area contributed by atoms with Gasteiger partial charge in [-0.05, 0) is 19.4 Å². The van der Waals surface area contributed by atoms with Crippen LogP contribution >= 0.6 is 0 Å². The maximum absolute atomic E-state index is 8.49. The first-order chi connectivity index (χ1) is 7.17. The van der Waals surface area contributed by atoms with Gasteiger partial charge in [-0.3, -0.25) is 0 Å². The van der Waals surface area contributed by atoms with Crippen LogP contribution in [0.2, 0.25) is 0 Å². The fourth-order valence-corrected chi connectivity index (χ4v) is 0.964. The molecule has 0 saturated heterocycles. The molecular weight excluding hydrogens is 194 g/mol. The zero-order chi connectivity index (χ0) is 11.3. The van der Waals surface area contributed by atoms with E-state index in [1.165, 1.54) is 0 Å². The van der Waals surface area contributed by atoms with Crippen LogP contribution in [0.3, 0.4) is 0 Å². The molecule has 1 heterocycles. The number of hydrogen-bond acceptors (Lipinski definition) is 4. The molecule has 0 aliphatic heterocycles. The number of nitrogens with zero attached hydrogens (tertiary/aromatic N) is 2. The van der Waals surface area contributed by atoms with Gasteiger partial charge in [-0.1, -0.05) is 18.1 Å². The Hall–Kier alpha value is -1.78. The van der Waals surface area contributed by atoms with E-state index >= 15 is 0 Å². The van der Waals surface area contributed by atoms with Gasteiger partial charge in [-0.2, -0.15) is 0 Å². The normalized spacial score (nSPS) is 13.6. The highest BCUT2D eigenvalue weighted by atomic mass is 16.5. The minimum Gasteiger partial charge on any atom is -0.475 e. The van der Waals surface area contributed by atoms with E-state index in [9.17, 15) is 0 Å². The Labute approximate surface area is 88.6 Å². The molecule has 82 valence electrons. The zero-order valence-corrected chi connectivity index (χ0v) is 8.84. The number of aromatic nitrogens is 1. The topological polar surface area (TPSA) is 80.7 Å². The van der Waals surface area contributed by atoms with E-state index in [0.717, 1.165) is 6.42 Å². The largest absolute Gasteiger partial charge is 0.475 e. The number of amidine groups is 1. The average Bonchev–Trinajstić information content (AvgIpc) is 2.28. The van der Waals surface area contributed by atoms with Gasteiger partial charge in [0.25, 0.3) is 0 Å². The maximum atomic E-state index is 8.49. The standard InChI is InChI=1S/C10H15N3O2/c1-3-7(2)15-9-6-4-5-8(12-9)10(11)13-14/h4-7,14H,3H2,1-2H3,(H2,11,13). The number of ether oxygens (including phenoxy) is 1. The molecule has 0 radical (unpaired) electrons. The van der Waals surface area contributed by atoms with Gasteiger partial charge in [-0.15, -0.1) is 0 Å². The zero-order valence-electron chi connectivity index (χ0n) is 8.84. The van der Waals surface area contributed by atoms with Crippen molar-refractivity contribution in [3.8, 4) is 5.88 Å². The van der Waals surface area contributed by atoms with Crippen molar-refractivity contribution in [3.63, 3.8) is 0 Å². The van der Waals surface area contributed by atoms with Crippen molar-refractivity contribution < 1.29 is 9.94 Å². The predicted molar refractivity (Wildman–Crippen MR) is 57.1 cm³/mol. The molecule has 0 aliphatic carbocycles. The average molecular weight is 209 g/mol. The van der Waals surface area contributed by atoms with Crippen molar-refractivity contribution in [2.75, 3.05) is 0 Å². The number of rotatable bonds is 4. The monoisotopic (exact) mass is 209 g/mol. The van der Waals surface area contributed by atoms with Crippen LogP contribution in [0, 0.1) is 0 Å². The summed E-state index contributed by atoms with van der Waals surface area (Å²) in [4.78, 5) is 4.09. The van der Waals surface area contributed by atoms with Gasteiger partial charge in [0.05, 0.1) is 6.10 Å². The van der Waals surface area contributed by atoms with Gasteiger partial charge in [-0.25, -0.2) is 4.98 Å². The highest BCUT2D eigenvalue weighted by Gasteiger charge is 2.05. The molecule has 1 aromatic heterocycles. The Morgan fingerprint density at radius 1 is 1.67 bits per heavy atom. The third-order valence-electron chi connectivity index (χ3n) is 1.99. The van der Waals surface area contributed by atoms with Gasteiger partial charge in [0.2, 0.25) is 5.88 Å². The third-order valence-corrected chi connectivity index (χ3v) is 1.99. The molecular formula is C10H15N3O2. The smallest absolute Gasteiger partial charge is 0.214 e. The fourth-order valence-electron chi connectivity index (χ4n) is 0.964. The maximum Gasteiger partial charge on any atom is 0.214 e. The van der Waals surface area contributed by atoms with E-state index in [1.807, 2.05) is 13.8 Å². The molecule has 0 saturated carbocycles. The van der Waals surface area contributed by atoms with Crippen LogP contribution in [0.4, 0.5) is 0 Å². The molecule has 1 aromatic rings. The quantitative estimate of drug-likeness (QED) is 0.339. The van der Waals surface area contributed by atoms with Crippen LogP contribution < -0.4 is 10.5 Å². The molecule has 15 heavy (non-hydrogen) atoms. The number of pyridine rings is 1. The second kappa shape index (κ2) is 5.19. The van der Waals surface area contributed by atoms with E-state index in [4.69, 9.17) is 15.7 Å². The number of oxime groups is 1. The van der Waals surface area contributed by atoms with Gasteiger partial charge in [0, 0.05) is 6.07 Å². The van der Waals surface area contributed by atoms with E-state index in [2.05, 4.69) is 10.1 Å². The van der Waals surface area contributed by atoms with Gasteiger partial charge < -0.3 is 15.7 Å². The highest BCUT2D eigenvalue weighted by Crippen LogP contribution is 2.10. The van der Waals surface area contributed by atoms with Gasteiger partial charge in [0.15, 0.2) is 5.84 Å². The van der Waals surface area contributed by atoms with Crippen molar-refractivity contribution in [1.29, 1.82) is 0 Å². The van der Waals surface area contributed by atoms with E-state index in [-0.39, 0.29) is 11.9 Å². The molecule has 1 unspecified atom stereocenters. The van der Waals surface area contributed by atoms with Gasteiger partial charge >= 0.3 is 0 Å². The molecule has 5 heteroatoms. The predicted octanol–water partition coefficient (Wildman–Crippen LogP) is 1.35. The first kappa shape index (κ1) is 11.3. The Morgan fingerprint density at radius 2 is 2.40 bits per heavy atom. The second-order valence-corrected chi connectivity index (χ2v) is 3.18. The summed E-state index contributed by atoms with van der Waals surface area (Å²) in [7, 11) is 0. The van der Waals surface area contributed by atoms with Crippen molar-refractivity contribution >= 4 is 5.84 Å². The molecule has 0 amide bonds. The molecule has 0 aromatic carbocycles. The second-order valence-electron chi connectivity index (χ2n) is 3.18. The summed E-state index contributed by atoms with van der Waals surface area (Å²) in [5.74, 6) is 0.457. The number of hydrogen-bond donors (Lipinski definition) is 2. The molecule has 0 aliphatic rings. The molecule has 0 bridgehead atoms. The minimum atomic E-state index is -0.0235. The summed E-state index contributed by atoms with van der Waals surface area (Å²) in [6.45, 7) is 3.98. The van der Waals surface area contributed by atoms with Crippen LogP contribution in [-0.2, 0) is 0 Å². The SMILES string of the molecule is CCC(C)Oc1cccc(C(N)=NO)n1. The Balaban J connectivity index is 2.83. The van der Waals surface area contributed by atoms with Gasteiger partial charge in [0.1, 0.15) is 5.69 Å². The molecule has 3 N–H and O–H groups in total. The Morgan fingerprint density at radius 3 is 3.00 bits per heavy atom. The first-order valence-electron chi connectivity index (χ1n) is 4.79. The lowest BCUT2D eigenvalue weighted by atomic mass is 10.3. The third kappa shape index (κ3) is 3.12. The van der Waals surface area contributed by atoms with Crippen molar-refractivity contribution in [2.24, 2.45) is 10.9 Å². The Bertz CT molecular complexity index is 352. The van der Waals surface area contributed by atoms with E-state index in [1.54, 1.807) is 18.2 Å². The number of nitrogens with two attached hydrogens (primary N) is 1. The lowest BCUT2D eigenvalue weighted by Gasteiger charge is -2.11. The fraction of sp³-hybridized carbons (Fsp3) is 0.400. The summed E-state index contributed by atoms with van der Waals surface area (Å²) in [5, 5.41) is 11.4. The van der Waals surface area contributed by atoms with Crippen molar-refractivity contribution in [1.82, 2.24) is 4.98 Å². The van der Waals surface area contributed by atoms with E-state index in [0.29, 0.717) is 11.6 Å². The highest BCUT2D eigenvalue weighted by molar-refractivity contribution is 5.95. The summed E-state index contributed by atoms with van der Waals surface area (Å²) in [5.41, 5.74) is 5.81. The van der Waals surface area contributed by atoms with E-state index < -0.39 is 0 Å². The molecule has 0 fully saturated rings. The van der Waals surface area contributed by atoms with Crippen LogP contribution in [-0.4, -0.2) is 22.1 Å². The molecule has 1 rings (SSSR count). The first-order valence-corrected chi connectivity index (χ1v) is 4.79. The summed E-state index contributed by atoms with van der Waals surface area (Å²) < 4.78 is 5.50. The van der Waals surface area contributed by atoms with Crippen LogP contribution in [0.1, 0.15) is 26.0 Å².